The lowest BCUT2D eigenvalue weighted by Gasteiger charge is -2.08. The van der Waals surface area contributed by atoms with Gasteiger partial charge in [-0.3, -0.25) is 4.99 Å². The van der Waals surface area contributed by atoms with Crippen molar-refractivity contribution in [2.45, 2.75) is 6.42 Å². The van der Waals surface area contributed by atoms with E-state index in [0.29, 0.717) is 0 Å². The molecule has 0 atom stereocenters. The molecule has 0 saturated carbocycles. The van der Waals surface area contributed by atoms with Crippen LogP contribution in [0.5, 0.6) is 5.75 Å². The van der Waals surface area contributed by atoms with Crippen LogP contribution in [0, 0.1) is 0 Å². The monoisotopic (exact) mass is 336 g/mol. The van der Waals surface area contributed by atoms with Crippen LogP contribution in [0.15, 0.2) is 64.0 Å². The predicted octanol–water partition coefficient (Wildman–Crippen LogP) is 3.96. The van der Waals surface area contributed by atoms with E-state index in [1.807, 2.05) is 48.5 Å². The zero-order valence-corrected chi connectivity index (χ0v) is 15.0. The van der Waals surface area contributed by atoms with Crippen LogP contribution in [0.25, 0.3) is 22.3 Å². The van der Waals surface area contributed by atoms with Crippen molar-refractivity contribution < 1.29 is 9.15 Å². The van der Waals surface area contributed by atoms with E-state index < -0.39 is 0 Å². The largest absolute Gasteiger partial charge is 0.497 e. The minimum atomic E-state index is 0.800. The average Bonchev–Trinajstić information content (AvgIpc) is 2.65. The molecule has 0 spiro atoms. The summed E-state index contributed by atoms with van der Waals surface area (Å²) < 4.78 is 11.3. The summed E-state index contributed by atoms with van der Waals surface area (Å²) in [6.07, 6.45) is 1.03. The molecule has 0 unspecified atom stereocenters. The molecule has 0 aliphatic rings. The van der Waals surface area contributed by atoms with Gasteiger partial charge in [-0.1, -0.05) is 12.1 Å². The van der Waals surface area contributed by atoms with Gasteiger partial charge in [-0.2, -0.15) is 0 Å². The number of hydrogen-bond donors (Lipinski definition) is 0. The van der Waals surface area contributed by atoms with E-state index in [0.717, 1.165) is 52.9 Å². The van der Waals surface area contributed by atoms with Gasteiger partial charge in [0.05, 0.1) is 12.5 Å². The van der Waals surface area contributed by atoms with Gasteiger partial charge in [-0.25, -0.2) is 0 Å². The highest BCUT2D eigenvalue weighted by Gasteiger charge is 2.06. The zero-order valence-electron chi connectivity index (χ0n) is 15.0. The van der Waals surface area contributed by atoms with Crippen LogP contribution in [0.2, 0.25) is 0 Å². The second-order valence-corrected chi connectivity index (χ2v) is 6.26. The normalized spacial score (nSPS) is 12.1. The Labute approximate surface area is 148 Å². The highest BCUT2D eigenvalue weighted by atomic mass is 16.5. The molecule has 25 heavy (non-hydrogen) atoms. The number of para-hydroxylation sites is 1. The maximum Gasteiger partial charge on any atom is 0.136 e. The lowest BCUT2D eigenvalue weighted by atomic mass is 10.1. The van der Waals surface area contributed by atoms with Crippen molar-refractivity contribution in [3.63, 3.8) is 0 Å². The molecular formula is C21H24N2O2. The molecule has 0 saturated heterocycles. The molecule has 0 aliphatic carbocycles. The minimum absolute atomic E-state index is 0.800. The number of benzene rings is 2. The topological polar surface area (TPSA) is 38.0 Å². The Hall–Kier alpha value is -2.59. The maximum absolute atomic E-state index is 6.10. The zero-order chi connectivity index (χ0) is 17.6. The predicted molar refractivity (Wildman–Crippen MR) is 102 cm³/mol. The summed E-state index contributed by atoms with van der Waals surface area (Å²) in [5.74, 6) is 1.64. The first-order chi connectivity index (χ1) is 12.2. The number of nitrogens with zero attached hydrogens (tertiary/aromatic N) is 2. The van der Waals surface area contributed by atoms with Crippen LogP contribution < -0.4 is 10.1 Å². The Morgan fingerprint density at radius 3 is 2.52 bits per heavy atom. The van der Waals surface area contributed by atoms with Crippen molar-refractivity contribution in [3.05, 3.63) is 60.0 Å². The van der Waals surface area contributed by atoms with E-state index >= 15 is 0 Å². The number of fused-ring (bicyclic) bond motifs is 1. The third kappa shape index (κ3) is 4.28. The van der Waals surface area contributed by atoms with Crippen molar-refractivity contribution in [3.8, 4) is 17.1 Å². The summed E-state index contributed by atoms with van der Waals surface area (Å²) in [5, 5.41) is 2.02. The quantitative estimate of drug-likeness (QED) is 0.640. The Morgan fingerprint density at radius 1 is 1.04 bits per heavy atom. The van der Waals surface area contributed by atoms with Gasteiger partial charge in [0.1, 0.15) is 17.1 Å². The van der Waals surface area contributed by atoms with Gasteiger partial charge in [0.25, 0.3) is 0 Å². The van der Waals surface area contributed by atoms with E-state index in [2.05, 4.69) is 25.1 Å². The number of ether oxygens (including phenoxy) is 1. The number of rotatable bonds is 6. The van der Waals surface area contributed by atoms with Crippen molar-refractivity contribution in [1.82, 2.24) is 4.90 Å². The third-order valence-electron chi connectivity index (χ3n) is 4.07. The summed E-state index contributed by atoms with van der Waals surface area (Å²) in [4.78, 5) is 6.99. The standard InChI is InChI=1S/C21H24N2O2/c1-23(2)14-6-13-22-19-15-21(16-9-11-17(24-3)12-10-16)25-20-8-5-4-7-18(19)20/h4-5,7-12,15H,6,13-14H2,1-3H3. The molecule has 1 heterocycles. The molecule has 0 amide bonds. The molecule has 0 radical (unpaired) electrons. The van der Waals surface area contributed by atoms with Crippen LogP contribution in [-0.2, 0) is 0 Å². The number of methoxy groups -OCH3 is 1. The van der Waals surface area contributed by atoms with Crippen LogP contribution in [-0.4, -0.2) is 39.2 Å². The van der Waals surface area contributed by atoms with E-state index in [4.69, 9.17) is 14.1 Å². The molecule has 130 valence electrons. The van der Waals surface area contributed by atoms with Crippen molar-refractivity contribution in [2.75, 3.05) is 34.3 Å². The molecule has 0 fully saturated rings. The van der Waals surface area contributed by atoms with Gasteiger partial charge < -0.3 is 14.1 Å². The fourth-order valence-electron chi connectivity index (χ4n) is 2.73. The Balaban J connectivity index is 2.00. The van der Waals surface area contributed by atoms with Crippen LogP contribution >= 0.6 is 0 Å². The molecule has 0 aliphatic heterocycles. The van der Waals surface area contributed by atoms with Gasteiger partial charge in [0, 0.05) is 23.6 Å². The van der Waals surface area contributed by atoms with Gasteiger partial charge >= 0.3 is 0 Å². The first-order valence-corrected chi connectivity index (χ1v) is 8.50. The SMILES string of the molecule is COc1ccc(-c2cc(=NCCCN(C)C)c3ccccc3o2)cc1. The van der Waals surface area contributed by atoms with Crippen LogP contribution in [0.4, 0.5) is 0 Å². The summed E-state index contributed by atoms with van der Waals surface area (Å²) >= 11 is 0. The van der Waals surface area contributed by atoms with E-state index in [1.54, 1.807) is 7.11 Å². The van der Waals surface area contributed by atoms with E-state index in [1.165, 1.54) is 0 Å². The average molecular weight is 336 g/mol. The third-order valence-corrected chi connectivity index (χ3v) is 4.07. The molecule has 3 aromatic rings. The molecule has 2 aromatic carbocycles. The summed E-state index contributed by atoms with van der Waals surface area (Å²) in [7, 11) is 5.83. The van der Waals surface area contributed by atoms with Crippen molar-refractivity contribution >= 4 is 11.0 Å². The van der Waals surface area contributed by atoms with Crippen molar-refractivity contribution in [2.24, 2.45) is 4.99 Å². The minimum Gasteiger partial charge on any atom is -0.497 e. The van der Waals surface area contributed by atoms with Gasteiger partial charge in [-0.15, -0.1) is 0 Å². The first-order valence-electron chi connectivity index (χ1n) is 8.50. The smallest absolute Gasteiger partial charge is 0.136 e. The summed E-state index contributed by atoms with van der Waals surface area (Å²) in [6, 6.07) is 18.0. The first kappa shape index (κ1) is 17.2. The summed E-state index contributed by atoms with van der Waals surface area (Å²) in [5.41, 5.74) is 1.86. The Bertz CT molecular complexity index is 896. The maximum atomic E-state index is 6.10. The fraction of sp³-hybridized carbons (Fsp3) is 0.286. The molecular weight excluding hydrogens is 312 g/mol. The number of hydrogen-bond acceptors (Lipinski definition) is 4. The fourth-order valence-corrected chi connectivity index (χ4v) is 2.73. The van der Waals surface area contributed by atoms with E-state index in [-0.39, 0.29) is 0 Å². The lowest BCUT2D eigenvalue weighted by Crippen LogP contribution is -2.14. The van der Waals surface area contributed by atoms with Gasteiger partial charge in [0.15, 0.2) is 0 Å². The molecule has 0 bridgehead atoms. The lowest BCUT2D eigenvalue weighted by molar-refractivity contribution is 0.402. The van der Waals surface area contributed by atoms with Gasteiger partial charge in [-0.05, 0) is 63.5 Å². The molecule has 4 nitrogen and oxygen atoms in total. The molecule has 3 rings (SSSR count). The highest BCUT2D eigenvalue weighted by molar-refractivity contribution is 5.78. The summed E-state index contributed by atoms with van der Waals surface area (Å²) in [6.45, 7) is 1.83. The Morgan fingerprint density at radius 2 is 1.80 bits per heavy atom. The van der Waals surface area contributed by atoms with Crippen molar-refractivity contribution in [1.29, 1.82) is 0 Å². The van der Waals surface area contributed by atoms with Crippen LogP contribution in [0.1, 0.15) is 6.42 Å². The second-order valence-electron chi connectivity index (χ2n) is 6.26. The Kier molecular flexibility index (Phi) is 5.51. The van der Waals surface area contributed by atoms with Gasteiger partial charge in [0.2, 0.25) is 0 Å². The van der Waals surface area contributed by atoms with Crippen LogP contribution in [0.3, 0.4) is 0 Å². The molecule has 0 N–H and O–H groups in total. The van der Waals surface area contributed by atoms with E-state index in [9.17, 15) is 0 Å². The highest BCUT2D eigenvalue weighted by Crippen LogP contribution is 2.24. The second kappa shape index (κ2) is 7.99. The molecule has 4 heteroatoms. The molecule has 1 aromatic heterocycles.